The maximum Gasteiger partial charge on any atom is 0.416 e. The molecule has 0 aliphatic carbocycles. The molecule has 6 nitrogen and oxygen atoms in total. The molecule has 1 heterocycles. The normalized spacial score (nSPS) is 12.6. The van der Waals surface area contributed by atoms with Crippen molar-refractivity contribution in [3.63, 3.8) is 0 Å². The van der Waals surface area contributed by atoms with Gasteiger partial charge in [0.05, 0.1) is 11.1 Å². The second kappa shape index (κ2) is 9.40. The molecule has 1 aromatic heterocycles. The molecule has 0 fully saturated rings. The summed E-state index contributed by atoms with van der Waals surface area (Å²) < 4.78 is 79.4. The van der Waals surface area contributed by atoms with E-state index < -0.39 is 48.1 Å². The predicted octanol–water partition coefficient (Wildman–Crippen LogP) is 5.00. The number of aromatic nitrogens is 3. The SMILES string of the molecule is CC(C)(NC(=O)Cn1nc(-c2ccc(Cl)cc2)n(CC(F)(F)F)c1=O)c1cccc(C(F)(F)F)c1. The van der Waals surface area contributed by atoms with E-state index in [0.29, 0.717) is 14.3 Å². The highest BCUT2D eigenvalue weighted by Gasteiger charge is 2.34. The Hall–Kier alpha value is -3.28. The zero-order valence-electron chi connectivity index (χ0n) is 18.3. The Morgan fingerprint density at radius 1 is 1.00 bits per heavy atom. The lowest BCUT2D eigenvalue weighted by Crippen LogP contribution is -2.44. The molecule has 3 rings (SSSR count). The van der Waals surface area contributed by atoms with Crippen molar-refractivity contribution in [3.8, 4) is 11.4 Å². The van der Waals surface area contributed by atoms with Crippen molar-refractivity contribution < 1.29 is 31.1 Å². The summed E-state index contributed by atoms with van der Waals surface area (Å²) >= 11 is 5.81. The number of hydrogen-bond acceptors (Lipinski definition) is 3. The summed E-state index contributed by atoms with van der Waals surface area (Å²) in [6, 6.07) is 9.89. The topological polar surface area (TPSA) is 68.9 Å². The second-order valence-electron chi connectivity index (χ2n) is 8.22. The Morgan fingerprint density at radius 2 is 1.60 bits per heavy atom. The van der Waals surface area contributed by atoms with Gasteiger partial charge in [0, 0.05) is 10.6 Å². The fraction of sp³-hybridized carbons (Fsp3) is 0.318. The van der Waals surface area contributed by atoms with Crippen LogP contribution in [0.1, 0.15) is 25.0 Å². The van der Waals surface area contributed by atoms with Crippen LogP contribution in [0.15, 0.2) is 53.3 Å². The molecule has 2 aromatic carbocycles. The fourth-order valence-corrected chi connectivity index (χ4v) is 3.48. The van der Waals surface area contributed by atoms with E-state index in [9.17, 15) is 35.9 Å². The molecular formula is C22H19ClF6N4O2. The average molecular weight is 521 g/mol. The molecule has 1 N–H and O–H groups in total. The Morgan fingerprint density at radius 3 is 2.17 bits per heavy atom. The summed E-state index contributed by atoms with van der Waals surface area (Å²) in [5.41, 5.74) is -3.09. The van der Waals surface area contributed by atoms with E-state index in [0.717, 1.165) is 12.1 Å². The van der Waals surface area contributed by atoms with Crippen LogP contribution in [0.5, 0.6) is 0 Å². The lowest BCUT2D eigenvalue weighted by atomic mass is 9.92. The van der Waals surface area contributed by atoms with Gasteiger partial charge in [-0.15, -0.1) is 5.10 Å². The van der Waals surface area contributed by atoms with E-state index in [4.69, 9.17) is 11.6 Å². The van der Waals surface area contributed by atoms with Crippen LogP contribution in [0.25, 0.3) is 11.4 Å². The quantitative estimate of drug-likeness (QED) is 0.465. The summed E-state index contributed by atoms with van der Waals surface area (Å²) in [5, 5.41) is 6.71. The standard InChI is InChI=1S/C22H19ClF6N4O2/c1-20(2,14-4-3-5-15(10-14)22(27,28)29)30-17(34)11-33-19(35)32(12-21(24,25)26)18(31-33)13-6-8-16(23)9-7-13/h3-10H,11-12H2,1-2H3,(H,30,34). The molecule has 3 aromatic rings. The van der Waals surface area contributed by atoms with Crippen LogP contribution < -0.4 is 11.0 Å². The lowest BCUT2D eigenvalue weighted by molar-refractivity contribution is -0.141. The van der Waals surface area contributed by atoms with Crippen molar-refractivity contribution in [1.82, 2.24) is 19.7 Å². The minimum atomic E-state index is -4.74. The van der Waals surface area contributed by atoms with Gasteiger partial charge in [0.25, 0.3) is 0 Å². The summed E-state index contributed by atoms with van der Waals surface area (Å²) in [6.07, 6.45) is -9.33. The first-order chi connectivity index (χ1) is 16.1. The maximum absolute atomic E-state index is 13.1. The van der Waals surface area contributed by atoms with E-state index in [1.807, 2.05) is 0 Å². The Kier molecular flexibility index (Phi) is 7.07. The number of nitrogens with one attached hydrogen (secondary N) is 1. The number of alkyl halides is 6. The number of nitrogens with zero attached hydrogens (tertiary/aromatic N) is 3. The molecule has 0 radical (unpaired) electrons. The van der Waals surface area contributed by atoms with Crippen LogP contribution in [0.2, 0.25) is 5.02 Å². The van der Waals surface area contributed by atoms with Gasteiger partial charge in [0.15, 0.2) is 5.82 Å². The van der Waals surface area contributed by atoms with Crippen LogP contribution in [0, 0.1) is 0 Å². The molecule has 0 atom stereocenters. The molecule has 0 spiro atoms. The van der Waals surface area contributed by atoms with Gasteiger partial charge in [-0.3, -0.25) is 9.36 Å². The van der Waals surface area contributed by atoms with Crippen LogP contribution in [0.3, 0.4) is 0 Å². The number of amides is 1. The van der Waals surface area contributed by atoms with Crippen molar-refractivity contribution in [2.24, 2.45) is 0 Å². The van der Waals surface area contributed by atoms with Crippen LogP contribution in [0.4, 0.5) is 26.3 Å². The minimum Gasteiger partial charge on any atom is -0.346 e. The summed E-state index contributed by atoms with van der Waals surface area (Å²) in [4.78, 5) is 25.3. The number of carbonyl (C=O) groups excluding carboxylic acids is 1. The summed E-state index contributed by atoms with van der Waals surface area (Å²) in [7, 11) is 0. The van der Waals surface area contributed by atoms with Gasteiger partial charge >= 0.3 is 18.0 Å². The van der Waals surface area contributed by atoms with Gasteiger partial charge in [0.1, 0.15) is 13.1 Å². The molecule has 0 saturated carbocycles. The largest absolute Gasteiger partial charge is 0.416 e. The number of benzene rings is 2. The van der Waals surface area contributed by atoms with Gasteiger partial charge in [-0.2, -0.15) is 26.3 Å². The highest BCUT2D eigenvalue weighted by atomic mass is 35.5. The predicted molar refractivity (Wildman–Crippen MR) is 116 cm³/mol. The Bertz CT molecular complexity index is 1280. The van der Waals surface area contributed by atoms with Crippen molar-refractivity contribution in [2.45, 2.75) is 44.8 Å². The monoisotopic (exact) mass is 520 g/mol. The fourth-order valence-electron chi connectivity index (χ4n) is 3.36. The van der Waals surface area contributed by atoms with Gasteiger partial charge in [-0.25, -0.2) is 9.48 Å². The first-order valence-corrected chi connectivity index (χ1v) is 10.4. The summed E-state index contributed by atoms with van der Waals surface area (Å²) in [6.45, 7) is 0.503. The van der Waals surface area contributed by atoms with E-state index in [1.165, 1.54) is 50.2 Å². The van der Waals surface area contributed by atoms with Gasteiger partial charge < -0.3 is 5.32 Å². The molecular weight excluding hydrogens is 502 g/mol. The Balaban J connectivity index is 1.89. The van der Waals surface area contributed by atoms with Crippen molar-refractivity contribution >= 4 is 17.5 Å². The zero-order valence-corrected chi connectivity index (χ0v) is 19.1. The van der Waals surface area contributed by atoms with Crippen molar-refractivity contribution in [3.05, 3.63) is 75.2 Å². The van der Waals surface area contributed by atoms with Crippen LogP contribution in [-0.2, 0) is 29.6 Å². The molecule has 0 bridgehead atoms. The van der Waals surface area contributed by atoms with Crippen LogP contribution in [-0.4, -0.2) is 26.4 Å². The molecule has 0 aliphatic rings. The van der Waals surface area contributed by atoms with Gasteiger partial charge in [-0.05, 0) is 55.8 Å². The second-order valence-corrected chi connectivity index (χ2v) is 8.66. The zero-order chi connectivity index (χ0) is 26.2. The smallest absolute Gasteiger partial charge is 0.346 e. The summed E-state index contributed by atoms with van der Waals surface area (Å²) in [5.74, 6) is -1.16. The molecule has 0 saturated heterocycles. The first-order valence-electron chi connectivity index (χ1n) is 10.1. The molecule has 1 amide bonds. The highest BCUT2D eigenvalue weighted by molar-refractivity contribution is 6.30. The number of rotatable bonds is 6. The van der Waals surface area contributed by atoms with Crippen molar-refractivity contribution in [2.75, 3.05) is 0 Å². The van der Waals surface area contributed by atoms with Gasteiger partial charge in [0.2, 0.25) is 5.91 Å². The highest BCUT2D eigenvalue weighted by Crippen LogP contribution is 2.32. The minimum absolute atomic E-state index is 0.137. The van der Waals surface area contributed by atoms with E-state index >= 15 is 0 Å². The van der Waals surface area contributed by atoms with Gasteiger partial charge in [-0.1, -0.05) is 23.7 Å². The van der Waals surface area contributed by atoms with E-state index in [1.54, 1.807) is 0 Å². The molecule has 188 valence electrons. The number of hydrogen-bond donors (Lipinski definition) is 1. The third-order valence-corrected chi connectivity index (χ3v) is 5.27. The third-order valence-electron chi connectivity index (χ3n) is 5.02. The maximum atomic E-state index is 13.1. The number of carbonyl (C=O) groups is 1. The van der Waals surface area contributed by atoms with E-state index in [2.05, 4.69) is 10.4 Å². The third kappa shape index (κ3) is 6.44. The molecule has 35 heavy (non-hydrogen) atoms. The van der Waals surface area contributed by atoms with Crippen LogP contribution >= 0.6 is 11.6 Å². The number of halogens is 7. The molecule has 13 heteroatoms. The average Bonchev–Trinajstić information content (AvgIpc) is 3.01. The molecule has 0 aliphatic heterocycles. The Labute approximate surface area is 200 Å². The van der Waals surface area contributed by atoms with E-state index in [-0.39, 0.29) is 17.0 Å². The first kappa shape index (κ1) is 26.3. The lowest BCUT2D eigenvalue weighted by Gasteiger charge is -2.27. The molecule has 0 unspecified atom stereocenters. The van der Waals surface area contributed by atoms with Crippen molar-refractivity contribution in [1.29, 1.82) is 0 Å².